The summed E-state index contributed by atoms with van der Waals surface area (Å²) in [5, 5.41) is 8.60. The van der Waals surface area contributed by atoms with Gasteiger partial charge in [-0.2, -0.15) is 0 Å². The number of carboxylic acid groups (broad SMARTS) is 1. The molecule has 1 heterocycles. The van der Waals surface area contributed by atoms with Gasteiger partial charge in [0.1, 0.15) is 6.04 Å². The standard InChI is InChI=1S/C10H14N2O2/c1-2-8-4-3-7(6-12-8)5-9(11)10(13)14/h3-4,6,9H,2,5,11H2,1H3,(H,13,14). The summed E-state index contributed by atoms with van der Waals surface area (Å²) in [6.45, 7) is 2.02. The lowest BCUT2D eigenvalue weighted by molar-refractivity contribution is -0.138. The van der Waals surface area contributed by atoms with Crippen molar-refractivity contribution in [3.63, 3.8) is 0 Å². The second kappa shape index (κ2) is 4.72. The Morgan fingerprint density at radius 1 is 1.64 bits per heavy atom. The Kier molecular flexibility index (Phi) is 3.59. The van der Waals surface area contributed by atoms with E-state index in [-0.39, 0.29) is 0 Å². The fourth-order valence-corrected chi connectivity index (χ4v) is 1.13. The number of rotatable bonds is 4. The Balaban J connectivity index is 2.64. The van der Waals surface area contributed by atoms with Crippen molar-refractivity contribution in [1.82, 2.24) is 4.98 Å². The largest absolute Gasteiger partial charge is 0.480 e. The molecule has 0 saturated carbocycles. The molecule has 0 aromatic carbocycles. The van der Waals surface area contributed by atoms with Gasteiger partial charge in [0.25, 0.3) is 0 Å². The van der Waals surface area contributed by atoms with E-state index < -0.39 is 12.0 Å². The van der Waals surface area contributed by atoms with Gasteiger partial charge in [0.2, 0.25) is 0 Å². The van der Waals surface area contributed by atoms with E-state index in [0.29, 0.717) is 6.42 Å². The van der Waals surface area contributed by atoms with Crippen LogP contribution in [0.2, 0.25) is 0 Å². The molecule has 1 unspecified atom stereocenters. The molecule has 76 valence electrons. The molecule has 0 radical (unpaired) electrons. The molecule has 0 fully saturated rings. The first kappa shape index (κ1) is 10.7. The normalized spacial score (nSPS) is 12.4. The SMILES string of the molecule is CCc1ccc(CC(N)C(=O)O)cn1. The second-order valence-electron chi connectivity index (χ2n) is 3.16. The van der Waals surface area contributed by atoms with Crippen LogP contribution in [0.4, 0.5) is 0 Å². The van der Waals surface area contributed by atoms with Crippen LogP contribution in [-0.2, 0) is 17.6 Å². The fraction of sp³-hybridized carbons (Fsp3) is 0.400. The van der Waals surface area contributed by atoms with Crippen LogP contribution in [0.3, 0.4) is 0 Å². The molecule has 1 aromatic heterocycles. The van der Waals surface area contributed by atoms with E-state index in [4.69, 9.17) is 10.8 Å². The van der Waals surface area contributed by atoms with Crippen LogP contribution < -0.4 is 5.73 Å². The van der Waals surface area contributed by atoms with Crippen molar-refractivity contribution in [2.75, 3.05) is 0 Å². The first-order valence-electron chi connectivity index (χ1n) is 4.55. The molecule has 0 bridgehead atoms. The van der Waals surface area contributed by atoms with Crippen molar-refractivity contribution in [2.45, 2.75) is 25.8 Å². The molecule has 0 spiro atoms. The Morgan fingerprint density at radius 3 is 2.79 bits per heavy atom. The van der Waals surface area contributed by atoms with Crippen molar-refractivity contribution >= 4 is 5.97 Å². The Labute approximate surface area is 82.8 Å². The second-order valence-corrected chi connectivity index (χ2v) is 3.16. The van der Waals surface area contributed by atoms with Crippen molar-refractivity contribution in [3.05, 3.63) is 29.6 Å². The minimum atomic E-state index is -0.982. The highest BCUT2D eigenvalue weighted by atomic mass is 16.4. The molecule has 3 N–H and O–H groups in total. The molecular formula is C10H14N2O2. The molecule has 1 aromatic rings. The van der Waals surface area contributed by atoms with Crippen molar-refractivity contribution in [2.24, 2.45) is 5.73 Å². The lowest BCUT2D eigenvalue weighted by Crippen LogP contribution is -2.32. The highest BCUT2D eigenvalue weighted by molar-refractivity contribution is 5.73. The van der Waals surface area contributed by atoms with Gasteiger partial charge in [0, 0.05) is 11.9 Å². The molecular weight excluding hydrogens is 180 g/mol. The van der Waals surface area contributed by atoms with Crippen LogP contribution in [0.5, 0.6) is 0 Å². The van der Waals surface area contributed by atoms with E-state index in [1.165, 1.54) is 0 Å². The lowest BCUT2D eigenvalue weighted by Gasteiger charge is -2.06. The maximum Gasteiger partial charge on any atom is 0.320 e. The van der Waals surface area contributed by atoms with Gasteiger partial charge in [-0.05, 0) is 24.5 Å². The van der Waals surface area contributed by atoms with Crippen molar-refractivity contribution in [3.8, 4) is 0 Å². The van der Waals surface area contributed by atoms with E-state index in [0.717, 1.165) is 17.7 Å². The number of pyridine rings is 1. The van der Waals surface area contributed by atoms with Gasteiger partial charge >= 0.3 is 5.97 Å². The number of aryl methyl sites for hydroxylation is 1. The summed E-state index contributed by atoms with van der Waals surface area (Å²) in [7, 11) is 0. The maximum absolute atomic E-state index is 10.5. The van der Waals surface area contributed by atoms with E-state index in [1.54, 1.807) is 6.20 Å². The maximum atomic E-state index is 10.5. The topological polar surface area (TPSA) is 76.2 Å². The van der Waals surface area contributed by atoms with Crippen LogP contribution in [0, 0.1) is 0 Å². The molecule has 0 amide bonds. The number of aliphatic carboxylic acids is 1. The van der Waals surface area contributed by atoms with Crippen molar-refractivity contribution < 1.29 is 9.90 Å². The zero-order valence-corrected chi connectivity index (χ0v) is 8.10. The summed E-state index contributed by atoms with van der Waals surface area (Å²) in [6, 6.07) is 2.92. The first-order chi connectivity index (χ1) is 6.63. The van der Waals surface area contributed by atoms with Gasteiger partial charge in [-0.25, -0.2) is 0 Å². The van der Waals surface area contributed by atoms with E-state index in [9.17, 15) is 4.79 Å². The van der Waals surface area contributed by atoms with Crippen LogP contribution in [0.1, 0.15) is 18.2 Å². The molecule has 4 nitrogen and oxygen atoms in total. The number of carbonyl (C=O) groups is 1. The van der Waals surface area contributed by atoms with Crippen LogP contribution >= 0.6 is 0 Å². The van der Waals surface area contributed by atoms with Gasteiger partial charge in [0.05, 0.1) is 0 Å². The Bertz CT molecular complexity index is 308. The highest BCUT2D eigenvalue weighted by Gasteiger charge is 2.11. The third-order valence-corrected chi connectivity index (χ3v) is 2.02. The van der Waals surface area contributed by atoms with Gasteiger partial charge in [-0.15, -0.1) is 0 Å². The minimum Gasteiger partial charge on any atom is -0.480 e. The lowest BCUT2D eigenvalue weighted by atomic mass is 10.1. The van der Waals surface area contributed by atoms with Gasteiger partial charge in [0.15, 0.2) is 0 Å². The van der Waals surface area contributed by atoms with Crippen molar-refractivity contribution in [1.29, 1.82) is 0 Å². The molecule has 1 rings (SSSR count). The fourth-order valence-electron chi connectivity index (χ4n) is 1.13. The molecule has 14 heavy (non-hydrogen) atoms. The number of nitrogens with zero attached hydrogens (tertiary/aromatic N) is 1. The van der Waals surface area contributed by atoms with Gasteiger partial charge < -0.3 is 10.8 Å². The summed E-state index contributed by atoms with van der Waals surface area (Å²) < 4.78 is 0. The zero-order valence-electron chi connectivity index (χ0n) is 8.10. The predicted octanol–water partition coefficient (Wildman–Crippen LogP) is 0.598. The summed E-state index contributed by atoms with van der Waals surface area (Å²) in [5.41, 5.74) is 7.25. The van der Waals surface area contributed by atoms with E-state index in [2.05, 4.69) is 4.98 Å². The molecule has 0 aliphatic rings. The third kappa shape index (κ3) is 2.81. The third-order valence-electron chi connectivity index (χ3n) is 2.02. The van der Waals surface area contributed by atoms with Crippen LogP contribution in [0.25, 0.3) is 0 Å². The monoisotopic (exact) mass is 194 g/mol. The van der Waals surface area contributed by atoms with E-state index in [1.807, 2.05) is 19.1 Å². The average molecular weight is 194 g/mol. The Hall–Kier alpha value is -1.42. The average Bonchev–Trinajstić information content (AvgIpc) is 2.19. The summed E-state index contributed by atoms with van der Waals surface area (Å²) in [6.07, 6.45) is 2.89. The number of carboxylic acids is 1. The van der Waals surface area contributed by atoms with Gasteiger partial charge in [-0.3, -0.25) is 9.78 Å². The van der Waals surface area contributed by atoms with Crippen LogP contribution in [0.15, 0.2) is 18.3 Å². The number of hydrogen-bond donors (Lipinski definition) is 2. The summed E-state index contributed by atoms with van der Waals surface area (Å²) in [5.74, 6) is -0.982. The number of hydrogen-bond acceptors (Lipinski definition) is 3. The first-order valence-corrected chi connectivity index (χ1v) is 4.55. The molecule has 1 atom stereocenters. The smallest absolute Gasteiger partial charge is 0.320 e. The predicted molar refractivity (Wildman–Crippen MR) is 52.9 cm³/mol. The molecule has 0 aliphatic heterocycles. The van der Waals surface area contributed by atoms with Crippen LogP contribution in [-0.4, -0.2) is 22.1 Å². The quantitative estimate of drug-likeness (QED) is 0.735. The number of nitrogens with two attached hydrogens (primary N) is 1. The number of aromatic nitrogens is 1. The molecule has 4 heteroatoms. The highest BCUT2D eigenvalue weighted by Crippen LogP contribution is 2.03. The Morgan fingerprint density at radius 2 is 2.36 bits per heavy atom. The summed E-state index contributed by atoms with van der Waals surface area (Å²) >= 11 is 0. The zero-order chi connectivity index (χ0) is 10.6. The van der Waals surface area contributed by atoms with Gasteiger partial charge in [-0.1, -0.05) is 13.0 Å². The molecule has 0 aliphatic carbocycles. The minimum absolute atomic E-state index is 0.326. The summed E-state index contributed by atoms with van der Waals surface area (Å²) in [4.78, 5) is 14.6. The van der Waals surface area contributed by atoms with E-state index >= 15 is 0 Å². The molecule has 0 saturated heterocycles.